The molecular weight excluding hydrogens is 274 g/mol. The van der Waals surface area contributed by atoms with Crippen molar-refractivity contribution >= 4 is 5.91 Å². The number of hydrogen-bond acceptors (Lipinski definition) is 1. The molecule has 0 radical (unpaired) electrons. The van der Waals surface area contributed by atoms with Gasteiger partial charge < -0.3 is 4.90 Å². The third kappa shape index (κ3) is 3.11. The lowest BCUT2D eigenvalue weighted by atomic mass is 9.95. The van der Waals surface area contributed by atoms with E-state index in [1.54, 1.807) is 6.92 Å². The number of benzene rings is 1. The van der Waals surface area contributed by atoms with Crippen molar-refractivity contribution in [1.82, 2.24) is 4.90 Å². The molecule has 20 heavy (non-hydrogen) atoms. The van der Waals surface area contributed by atoms with Gasteiger partial charge in [-0.2, -0.15) is 13.2 Å². The summed E-state index contributed by atoms with van der Waals surface area (Å²) in [5.41, 5.74) is 0.838. The highest BCUT2D eigenvalue weighted by Crippen LogP contribution is 2.34. The molecule has 6 heteroatoms. The average Bonchev–Trinajstić information content (AvgIpc) is 2.37. The molecule has 0 aromatic heterocycles. The topological polar surface area (TPSA) is 20.3 Å². The molecule has 0 spiro atoms. The van der Waals surface area contributed by atoms with Crippen LogP contribution >= 0.6 is 0 Å². The van der Waals surface area contributed by atoms with E-state index in [0.717, 1.165) is 0 Å². The molecule has 1 aliphatic rings. The number of amides is 1. The Balaban J connectivity index is 2.05. The summed E-state index contributed by atoms with van der Waals surface area (Å²) < 4.78 is 50.7. The number of halogens is 4. The molecule has 0 saturated carbocycles. The van der Waals surface area contributed by atoms with Gasteiger partial charge in [-0.3, -0.25) is 4.79 Å². The molecule has 0 unspecified atom stereocenters. The van der Waals surface area contributed by atoms with Crippen molar-refractivity contribution in [3.63, 3.8) is 0 Å². The third-order valence-corrected chi connectivity index (χ3v) is 3.66. The zero-order chi connectivity index (χ0) is 14.9. The fraction of sp³-hybridized carbons (Fsp3) is 0.500. The van der Waals surface area contributed by atoms with Crippen molar-refractivity contribution in [3.8, 4) is 0 Å². The van der Waals surface area contributed by atoms with Gasteiger partial charge in [-0.05, 0) is 43.5 Å². The molecule has 1 aromatic rings. The first kappa shape index (κ1) is 14.8. The molecule has 0 atom stereocenters. The first-order valence-electron chi connectivity index (χ1n) is 6.41. The Morgan fingerprint density at radius 3 is 2.35 bits per heavy atom. The summed E-state index contributed by atoms with van der Waals surface area (Å²) in [6.07, 6.45) is -4.34. The van der Waals surface area contributed by atoms with Gasteiger partial charge in [-0.1, -0.05) is 0 Å². The van der Waals surface area contributed by atoms with Gasteiger partial charge in [0.05, 0.1) is 5.92 Å². The molecule has 1 heterocycles. The number of aryl methyl sites for hydroxylation is 1. The Bertz CT molecular complexity index is 504. The second-order valence-corrected chi connectivity index (χ2v) is 5.07. The standard InChI is InChI=1S/C14H15F4NO/c1-9-8-11(15)2-3-12(9)13(20)19-6-4-10(5-7-19)14(16,17)18/h2-3,8,10H,4-7H2,1H3. The van der Waals surface area contributed by atoms with Crippen molar-refractivity contribution in [2.75, 3.05) is 13.1 Å². The van der Waals surface area contributed by atoms with Crippen LogP contribution in [-0.2, 0) is 0 Å². The van der Waals surface area contributed by atoms with E-state index in [-0.39, 0.29) is 31.8 Å². The number of rotatable bonds is 1. The summed E-state index contributed by atoms with van der Waals surface area (Å²) >= 11 is 0. The van der Waals surface area contributed by atoms with Crippen LogP contribution in [0.4, 0.5) is 17.6 Å². The summed E-state index contributed by atoms with van der Waals surface area (Å²) in [6.45, 7) is 1.78. The van der Waals surface area contributed by atoms with Gasteiger partial charge in [0.15, 0.2) is 0 Å². The second kappa shape index (κ2) is 5.42. The fourth-order valence-corrected chi connectivity index (χ4v) is 2.45. The Hall–Kier alpha value is -1.59. The monoisotopic (exact) mass is 289 g/mol. The molecule has 1 aromatic carbocycles. The number of alkyl halides is 3. The van der Waals surface area contributed by atoms with Crippen molar-refractivity contribution < 1.29 is 22.4 Å². The van der Waals surface area contributed by atoms with Gasteiger partial charge in [0.1, 0.15) is 5.82 Å². The lowest BCUT2D eigenvalue weighted by molar-refractivity contribution is -0.183. The highest BCUT2D eigenvalue weighted by Gasteiger charge is 2.41. The van der Waals surface area contributed by atoms with Gasteiger partial charge in [-0.25, -0.2) is 4.39 Å². The Kier molecular flexibility index (Phi) is 4.01. The molecule has 1 saturated heterocycles. The van der Waals surface area contributed by atoms with Gasteiger partial charge >= 0.3 is 6.18 Å². The van der Waals surface area contributed by atoms with Crippen molar-refractivity contribution in [2.45, 2.75) is 25.9 Å². The van der Waals surface area contributed by atoms with Crippen LogP contribution in [0, 0.1) is 18.7 Å². The molecule has 0 N–H and O–H groups in total. The number of likely N-dealkylation sites (tertiary alicyclic amines) is 1. The first-order valence-corrected chi connectivity index (χ1v) is 6.41. The SMILES string of the molecule is Cc1cc(F)ccc1C(=O)N1CCC(C(F)(F)F)CC1. The molecule has 0 aliphatic carbocycles. The normalized spacial score (nSPS) is 17.4. The van der Waals surface area contributed by atoms with E-state index in [0.29, 0.717) is 11.1 Å². The minimum atomic E-state index is -4.19. The summed E-state index contributed by atoms with van der Waals surface area (Å²) in [4.78, 5) is 13.6. The first-order chi connectivity index (χ1) is 9.29. The van der Waals surface area contributed by atoms with E-state index < -0.39 is 17.9 Å². The summed E-state index contributed by atoms with van der Waals surface area (Å²) in [5.74, 6) is -2.10. The summed E-state index contributed by atoms with van der Waals surface area (Å²) in [7, 11) is 0. The predicted octanol–water partition coefficient (Wildman–Crippen LogP) is 3.55. The van der Waals surface area contributed by atoms with E-state index in [1.165, 1.54) is 23.1 Å². The highest BCUT2D eigenvalue weighted by molar-refractivity contribution is 5.95. The molecule has 1 aliphatic heterocycles. The Labute approximate surface area is 114 Å². The van der Waals surface area contributed by atoms with E-state index >= 15 is 0 Å². The maximum atomic E-state index is 13.0. The Morgan fingerprint density at radius 2 is 1.85 bits per heavy atom. The lowest BCUT2D eigenvalue weighted by Crippen LogP contribution is -2.42. The molecule has 1 fully saturated rings. The van der Waals surface area contributed by atoms with Gasteiger partial charge in [0, 0.05) is 18.7 Å². The van der Waals surface area contributed by atoms with Crippen LogP contribution in [0.2, 0.25) is 0 Å². The zero-order valence-corrected chi connectivity index (χ0v) is 11.0. The van der Waals surface area contributed by atoms with E-state index in [9.17, 15) is 22.4 Å². The smallest absolute Gasteiger partial charge is 0.339 e. The van der Waals surface area contributed by atoms with E-state index in [2.05, 4.69) is 0 Å². The molecular formula is C14H15F4NO. The molecule has 0 bridgehead atoms. The van der Waals surface area contributed by atoms with Crippen LogP contribution in [0.15, 0.2) is 18.2 Å². The van der Waals surface area contributed by atoms with E-state index in [4.69, 9.17) is 0 Å². The number of carbonyl (C=O) groups is 1. The third-order valence-electron chi connectivity index (χ3n) is 3.66. The maximum Gasteiger partial charge on any atom is 0.391 e. The van der Waals surface area contributed by atoms with Gasteiger partial charge in [0.25, 0.3) is 5.91 Å². The van der Waals surface area contributed by atoms with Crippen LogP contribution in [0.25, 0.3) is 0 Å². The molecule has 110 valence electrons. The highest BCUT2D eigenvalue weighted by atomic mass is 19.4. The second-order valence-electron chi connectivity index (χ2n) is 5.07. The molecule has 2 rings (SSSR count). The van der Waals surface area contributed by atoms with Crippen LogP contribution < -0.4 is 0 Å². The van der Waals surface area contributed by atoms with Crippen molar-refractivity contribution in [2.24, 2.45) is 5.92 Å². The quantitative estimate of drug-likeness (QED) is 0.724. The molecule has 1 amide bonds. The molecule has 2 nitrogen and oxygen atoms in total. The number of carbonyl (C=O) groups excluding carboxylic acids is 1. The predicted molar refractivity (Wildman–Crippen MR) is 65.8 cm³/mol. The number of nitrogens with zero attached hydrogens (tertiary/aromatic N) is 1. The lowest BCUT2D eigenvalue weighted by Gasteiger charge is -2.33. The number of piperidine rings is 1. The van der Waals surface area contributed by atoms with Crippen molar-refractivity contribution in [3.05, 3.63) is 35.1 Å². The minimum Gasteiger partial charge on any atom is -0.339 e. The van der Waals surface area contributed by atoms with Crippen LogP contribution in [0.5, 0.6) is 0 Å². The van der Waals surface area contributed by atoms with Gasteiger partial charge in [0.2, 0.25) is 0 Å². The van der Waals surface area contributed by atoms with Crippen LogP contribution in [0.3, 0.4) is 0 Å². The van der Waals surface area contributed by atoms with Crippen molar-refractivity contribution in [1.29, 1.82) is 0 Å². The zero-order valence-electron chi connectivity index (χ0n) is 11.0. The maximum absolute atomic E-state index is 13.0. The van der Waals surface area contributed by atoms with E-state index in [1.807, 2.05) is 0 Å². The summed E-state index contributed by atoms with van der Waals surface area (Å²) in [5, 5.41) is 0. The van der Waals surface area contributed by atoms with Gasteiger partial charge in [-0.15, -0.1) is 0 Å². The minimum absolute atomic E-state index is 0.0739. The Morgan fingerprint density at radius 1 is 1.25 bits per heavy atom. The summed E-state index contributed by atoms with van der Waals surface area (Å²) in [6, 6.07) is 3.81. The van der Waals surface area contributed by atoms with Crippen LogP contribution in [0.1, 0.15) is 28.8 Å². The largest absolute Gasteiger partial charge is 0.391 e. The average molecular weight is 289 g/mol. The fourth-order valence-electron chi connectivity index (χ4n) is 2.45. The number of hydrogen-bond donors (Lipinski definition) is 0. The van der Waals surface area contributed by atoms with Crippen LogP contribution in [-0.4, -0.2) is 30.1 Å².